The number of likely N-dealkylation sites (tertiary alicyclic amines) is 1. The summed E-state index contributed by atoms with van der Waals surface area (Å²) in [6.07, 6.45) is 3.80. The summed E-state index contributed by atoms with van der Waals surface area (Å²) < 4.78 is 14.1. The average Bonchev–Trinajstić information content (AvgIpc) is 3.09. The van der Waals surface area contributed by atoms with Gasteiger partial charge in [-0.1, -0.05) is 23.7 Å². The van der Waals surface area contributed by atoms with E-state index in [1.165, 1.54) is 19.4 Å². The highest BCUT2D eigenvalue weighted by atomic mass is 35.5. The second kappa shape index (κ2) is 4.82. The van der Waals surface area contributed by atoms with E-state index in [0.29, 0.717) is 12.0 Å². The van der Waals surface area contributed by atoms with Gasteiger partial charge in [0.15, 0.2) is 0 Å². The van der Waals surface area contributed by atoms with E-state index in [-0.39, 0.29) is 10.8 Å². The van der Waals surface area contributed by atoms with Crippen molar-refractivity contribution in [2.75, 3.05) is 13.1 Å². The highest BCUT2D eigenvalue weighted by Gasteiger charge is 2.36. The van der Waals surface area contributed by atoms with Gasteiger partial charge in [-0.25, -0.2) is 4.39 Å². The summed E-state index contributed by atoms with van der Waals surface area (Å²) in [5.41, 5.74) is 0.799. The fourth-order valence-corrected chi connectivity index (χ4v) is 3.30. The molecular formula is C15H19ClFN. The molecule has 2 fully saturated rings. The zero-order valence-corrected chi connectivity index (χ0v) is 11.5. The van der Waals surface area contributed by atoms with Crippen molar-refractivity contribution in [3.63, 3.8) is 0 Å². The number of hydrogen-bond acceptors (Lipinski definition) is 1. The molecule has 0 N–H and O–H groups in total. The third kappa shape index (κ3) is 2.28. The third-order valence-corrected chi connectivity index (χ3v) is 4.75. The molecule has 2 atom stereocenters. The highest BCUT2D eigenvalue weighted by molar-refractivity contribution is 6.30. The molecule has 98 valence electrons. The van der Waals surface area contributed by atoms with E-state index in [4.69, 9.17) is 11.6 Å². The van der Waals surface area contributed by atoms with Crippen molar-refractivity contribution in [3.05, 3.63) is 34.6 Å². The van der Waals surface area contributed by atoms with Gasteiger partial charge >= 0.3 is 0 Å². The maximum atomic E-state index is 14.1. The summed E-state index contributed by atoms with van der Waals surface area (Å²) in [6.45, 7) is 4.51. The van der Waals surface area contributed by atoms with Crippen molar-refractivity contribution < 1.29 is 4.39 Å². The maximum absolute atomic E-state index is 14.1. The van der Waals surface area contributed by atoms with E-state index in [9.17, 15) is 4.39 Å². The molecule has 1 aromatic carbocycles. The number of rotatable bonds is 3. The molecular weight excluding hydrogens is 249 g/mol. The lowest BCUT2D eigenvalue weighted by Crippen LogP contribution is -2.31. The second-order valence-electron chi connectivity index (χ2n) is 5.72. The number of hydrogen-bond donors (Lipinski definition) is 0. The van der Waals surface area contributed by atoms with E-state index in [1.54, 1.807) is 6.07 Å². The Balaban J connectivity index is 1.78. The van der Waals surface area contributed by atoms with Crippen LogP contribution in [0.4, 0.5) is 4.39 Å². The maximum Gasteiger partial charge on any atom is 0.145 e. The van der Waals surface area contributed by atoms with Gasteiger partial charge in [0.05, 0.1) is 5.02 Å². The molecule has 1 nitrogen and oxygen atoms in total. The fourth-order valence-electron chi connectivity index (χ4n) is 3.12. The number of nitrogens with zero attached hydrogens (tertiary/aromatic N) is 1. The first-order valence-corrected chi connectivity index (χ1v) is 7.22. The van der Waals surface area contributed by atoms with Gasteiger partial charge in [-0.05, 0) is 50.3 Å². The molecule has 18 heavy (non-hydrogen) atoms. The summed E-state index contributed by atoms with van der Waals surface area (Å²) in [6, 6.07) is 5.81. The summed E-state index contributed by atoms with van der Waals surface area (Å²) in [5, 5.41) is 0.250. The fraction of sp³-hybridized carbons (Fsp3) is 0.600. The Morgan fingerprint density at radius 2 is 2.11 bits per heavy atom. The van der Waals surface area contributed by atoms with Crippen LogP contribution in [0.2, 0.25) is 5.02 Å². The zero-order chi connectivity index (χ0) is 12.7. The molecule has 0 radical (unpaired) electrons. The largest absolute Gasteiger partial charge is 0.300 e. The van der Waals surface area contributed by atoms with E-state index in [0.717, 1.165) is 24.4 Å². The molecule has 0 spiro atoms. The third-order valence-electron chi connectivity index (χ3n) is 4.46. The molecule has 3 heteroatoms. The van der Waals surface area contributed by atoms with Gasteiger partial charge in [0.25, 0.3) is 0 Å². The van der Waals surface area contributed by atoms with Crippen LogP contribution in [0.15, 0.2) is 18.2 Å². The lowest BCUT2D eigenvalue weighted by Gasteiger charge is -2.25. The van der Waals surface area contributed by atoms with Crippen LogP contribution in [0.5, 0.6) is 0 Å². The van der Waals surface area contributed by atoms with E-state index in [2.05, 4.69) is 11.8 Å². The van der Waals surface area contributed by atoms with Crippen molar-refractivity contribution in [2.45, 2.75) is 38.1 Å². The number of benzene rings is 1. The molecule has 1 heterocycles. The Bertz CT molecular complexity index is 444. The second-order valence-corrected chi connectivity index (χ2v) is 6.12. The molecule has 1 saturated carbocycles. The number of halogens is 2. The predicted molar refractivity (Wildman–Crippen MR) is 72.5 cm³/mol. The molecule has 1 aliphatic carbocycles. The minimum Gasteiger partial charge on any atom is -0.300 e. The van der Waals surface area contributed by atoms with Gasteiger partial charge < -0.3 is 0 Å². The van der Waals surface area contributed by atoms with Gasteiger partial charge in [-0.2, -0.15) is 0 Å². The standard InChI is InChI=1S/C15H19ClFN/c1-10-12(7-8-18(10)9-11-5-6-11)13-3-2-4-14(16)15(13)17/h2-4,10-12H,5-9H2,1H3. The van der Waals surface area contributed by atoms with Gasteiger partial charge in [0, 0.05) is 18.5 Å². The van der Waals surface area contributed by atoms with Crippen LogP contribution in [0, 0.1) is 11.7 Å². The Morgan fingerprint density at radius 3 is 2.83 bits per heavy atom. The molecule has 2 unspecified atom stereocenters. The van der Waals surface area contributed by atoms with Crippen LogP contribution in [0.1, 0.15) is 37.7 Å². The molecule has 1 aromatic rings. The smallest absolute Gasteiger partial charge is 0.145 e. The van der Waals surface area contributed by atoms with Crippen molar-refractivity contribution >= 4 is 11.6 Å². The zero-order valence-electron chi connectivity index (χ0n) is 10.7. The van der Waals surface area contributed by atoms with Crippen LogP contribution >= 0.6 is 11.6 Å². The van der Waals surface area contributed by atoms with Crippen LogP contribution in [-0.4, -0.2) is 24.0 Å². The summed E-state index contributed by atoms with van der Waals surface area (Å²) in [4.78, 5) is 2.52. The Hall–Kier alpha value is -0.600. The molecule has 1 aliphatic heterocycles. The molecule has 0 aromatic heterocycles. The van der Waals surface area contributed by atoms with E-state index < -0.39 is 0 Å². The SMILES string of the molecule is CC1C(c2cccc(Cl)c2F)CCN1CC1CC1. The Kier molecular flexibility index (Phi) is 3.33. The Labute approximate surface area is 113 Å². The van der Waals surface area contributed by atoms with Crippen molar-refractivity contribution in [1.29, 1.82) is 0 Å². The average molecular weight is 268 g/mol. The molecule has 2 aliphatic rings. The minimum atomic E-state index is -0.218. The summed E-state index contributed by atoms with van der Waals surface area (Å²) in [5.74, 6) is 0.974. The minimum absolute atomic E-state index is 0.218. The van der Waals surface area contributed by atoms with Crippen molar-refractivity contribution in [1.82, 2.24) is 4.90 Å². The Morgan fingerprint density at radius 1 is 1.33 bits per heavy atom. The predicted octanol–water partition coefficient (Wildman–Crippen LogP) is 4.07. The van der Waals surface area contributed by atoms with Crippen molar-refractivity contribution in [3.8, 4) is 0 Å². The first kappa shape index (κ1) is 12.4. The van der Waals surface area contributed by atoms with Crippen LogP contribution in [0.3, 0.4) is 0 Å². The molecule has 0 bridgehead atoms. The van der Waals surface area contributed by atoms with E-state index >= 15 is 0 Å². The lowest BCUT2D eigenvalue weighted by atomic mass is 9.92. The van der Waals surface area contributed by atoms with Gasteiger partial charge in [0.1, 0.15) is 5.82 Å². The quantitative estimate of drug-likeness (QED) is 0.798. The topological polar surface area (TPSA) is 3.24 Å². The molecule has 3 rings (SSSR count). The van der Waals surface area contributed by atoms with Crippen molar-refractivity contribution in [2.24, 2.45) is 5.92 Å². The van der Waals surface area contributed by atoms with Gasteiger partial charge in [0.2, 0.25) is 0 Å². The molecule has 1 saturated heterocycles. The summed E-state index contributed by atoms with van der Waals surface area (Å²) in [7, 11) is 0. The van der Waals surface area contributed by atoms with Gasteiger partial charge in [-0.15, -0.1) is 0 Å². The summed E-state index contributed by atoms with van der Waals surface area (Å²) >= 11 is 5.88. The normalized spacial score (nSPS) is 28.8. The lowest BCUT2D eigenvalue weighted by molar-refractivity contribution is 0.248. The van der Waals surface area contributed by atoms with Crippen LogP contribution < -0.4 is 0 Å². The first-order chi connectivity index (χ1) is 8.66. The first-order valence-electron chi connectivity index (χ1n) is 6.84. The monoisotopic (exact) mass is 267 g/mol. The van der Waals surface area contributed by atoms with Gasteiger partial charge in [-0.3, -0.25) is 4.90 Å². The molecule has 0 amide bonds. The highest BCUT2D eigenvalue weighted by Crippen LogP contribution is 2.39. The van der Waals surface area contributed by atoms with Crippen LogP contribution in [0.25, 0.3) is 0 Å². The van der Waals surface area contributed by atoms with E-state index in [1.807, 2.05) is 12.1 Å². The van der Waals surface area contributed by atoms with Crippen LogP contribution in [-0.2, 0) is 0 Å².